The maximum atomic E-state index is 13.1. The zero-order valence-corrected chi connectivity index (χ0v) is 20.5. The number of hydrogen-bond donors (Lipinski definition) is 2. The molecular weight excluding hydrogens is 454 g/mol. The van der Waals surface area contributed by atoms with Crippen molar-refractivity contribution in [2.75, 3.05) is 25.8 Å². The van der Waals surface area contributed by atoms with Crippen molar-refractivity contribution in [1.82, 2.24) is 0 Å². The predicted molar refractivity (Wildman–Crippen MR) is 131 cm³/mol. The van der Waals surface area contributed by atoms with E-state index in [-0.39, 0.29) is 30.7 Å². The minimum absolute atomic E-state index is 0.0761. The number of esters is 1. The largest absolute Gasteiger partial charge is 0.467 e. The van der Waals surface area contributed by atoms with Crippen LogP contribution < -0.4 is 14.8 Å². The quantitative estimate of drug-likeness (QED) is 0.555. The smallest absolute Gasteiger partial charge is 0.331 e. The Labute approximate surface area is 205 Å². The highest BCUT2D eigenvalue weighted by atomic mass is 35.5. The molecule has 0 radical (unpaired) electrons. The minimum Gasteiger partial charge on any atom is -0.467 e. The fraction of sp³-hybridized carbons (Fsp3) is 0.519. The zero-order valence-electron chi connectivity index (χ0n) is 19.7. The third kappa shape index (κ3) is 3.91. The first kappa shape index (κ1) is 23.3. The molecule has 6 nitrogen and oxygen atoms in total. The Morgan fingerprint density at radius 1 is 1.21 bits per heavy atom. The van der Waals surface area contributed by atoms with Gasteiger partial charge in [0.25, 0.3) is 0 Å². The maximum absolute atomic E-state index is 13.1. The second-order valence-electron chi connectivity index (χ2n) is 10.2. The standard InChI is InChI=1S/C27H32ClNO5/c1-17(15-30)10-19-11-18-12-23-24(34-16-33-23)14-22(18)26(19)6-8-27(9-7-26,25(31)32-2)29-21-5-3-4-20(28)13-21/h3-5,12-14,17,19,29-30H,6-11,15-16H2,1-2H3/t17-,19+,26?,27?/m1/s1. The number of nitrogens with one attached hydrogen (secondary N) is 1. The van der Waals surface area contributed by atoms with Gasteiger partial charge in [-0.15, -0.1) is 0 Å². The topological polar surface area (TPSA) is 77.0 Å². The van der Waals surface area contributed by atoms with E-state index in [0.717, 1.165) is 42.9 Å². The normalized spacial score (nSPS) is 27.9. The summed E-state index contributed by atoms with van der Waals surface area (Å²) in [5, 5.41) is 13.9. The van der Waals surface area contributed by atoms with Gasteiger partial charge in [0.05, 0.1) is 7.11 Å². The number of carbonyl (C=O) groups is 1. The molecule has 3 aliphatic rings. The molecule has 2 aliphatic carbocycles. The Hall–Kier alpha value is -2.44. The highest BCUT2D eigenvalue weighted by Crippen LogP contribution is 2.58. The Morgan fingerprint density at radius 3 is 2.62 bits per heavy atom. The van der Waals surface area contributed by atoms with Gasteiger partial charge in [0.2, 0.25) is 6.79 Å². The summed E-state index contributed by atoms with van der Waals surface area (Å²) in [6.45, 7) is 2.53. The van der Waals surface area contributed by atoms with Gasteiger partial charge in [-0.2, -0.15) is 0 Å². The van der Waals surface area contributed by atoms with Gasteiger partial charge in [-0.1, -0.05) is 24.6 Å². The van der Waals surface area contributed by atoms with E-state index in [2.05, 4.69) is 24.4 Å². The Kier molecular flexibility index (Phi) is 6.15. The number of aliphatic hydroxyl groups excluding tert-OH is 1. The molecule has 0 bridgehead atoms. The first-order valence-corrected chi connectivity index (χ1v) is 12.4. The Balaban J connectivity index is 1.48. The van der Waals surface area contributed by atoms with E-state index in [1.54, 1.807) is 0 Å². The van der Waals surface area contributed by atoms with Gasteiger partial charge in [0.15, 0.2) is 11.5 Å². The van der Waals surface area contributed by atoms with Crippen LogP contribution in [0.25, 0.3) is 0 Å². The molecule has 0 aromatic heterocycles. The van der Waals surface area contributed by atoms with Crippen LogP contribution in [0.1, 0.15) is 50.2 Å². The van der Waals surface area contributed by atoms with E-state index in [9.17, 15) is 9.90 Å². The molecule has 1 heterocycles. The molecule has 2 aromatic carbocycles. The first-order valence-electron chi connectivity index (χ1n) is 12.1. The summed E-state index contributed by atoms with van der Waals surface area (Å²) in [5.74, 6) is 1.97. The van der Waals surface area contributed by atoms with Gasteiger partial charge in [-0.3, -0.25) is 0 Å². The lowest BCUT2D eigenvalue weighted by molar-refractivity contribution is -0.148. The number of rotatable bonds is 6. The molecule has 0 saturated heterocycles. The van der Waals surface area contributed by atoms with E-state index in [0.29, 0.717) is 23.8 Å². The molecule has 5 rings (SSSR count). The lowest BCUT2D eigenvalue weighted by atomic mass is 9.59. The van der Waals surface area contributed by atoms with Crippen LogP contribution in [0.15, 0.2) is 36.4 Å². The average Bonchev–Trinajstić information content (AvgIpc) is 3.41. The highest BCUT2D eigenvalue weighted by Gasteiger charge is 2.54. The van der Waals surface area contributed by atoms with Crippen LogP contribution in [0, 0.1) is 11.8 Å². The van der Waals surface area contributed by atoms with E-state index < -0.39 is 5.54 Å². The summed E-state index contributed by atoms with van der Waals surface area (Å²) in [6.07, 6.45) is 4.85. The van der Waals surface area contributed by atoms with Crippen LogP contribution in [0.5, 0.6) is 11.5 Å². The minimum atomic E-state index is -0.809. The lowest BCUT2D eigenvalue weighted by Crippen LogP contribution is -2.53. The molecule has 182 valence electrons. The molecule has 0 unspecified atom stereocenters. The number of anilines is 1. The van der Waals surface area contributed by atoms with E-state index >= 15 is 0 Å². The lowest BCUT2D eigenvalue weighted by Gasteiger charge is -2.47. The molecule has 1 fully saturated rings. The predicted octanol–water partition coefficient (Wildman–Crippen LogP) is 5.10. The number of carbonyl (C=O) groups excluding carboxylic acids is 1. The Bertz CT molecular complexity index is 1080. The van der Waals surface area contributed by atoms with Crippen LogP contribution in [-0.4, -0.2) is 37.1 Å². The first-order chi connectivity index (χ1) is 16.4. The van der Waals surface area contributed by atoms with Crippen molar-refractivity contribution in [2.24, 2.45) is 11.8 Å². The number of methoxy groups -OCH3 is 1. The molecule has 0 amide bonds. The third-order valence-corrected chi connectivity index (χ3v) is 8.40. The van der Waals surface area contributed by atoms with Crippen LogP contribution in [-0.2, 0) is 21.4 Å². The SMILES string of the molecule is COC(=O)C1(Nc2cccc(Cl)c2)CCC2(CC1)c1cc3c(cc1C[C@@H]2C[C@@H](C)CO)OCO3. The molecule has 2 N–H and O–H groups in total. The highest BCUT2D eigenvalue weighted by molar-refractivity contribution is 6.30. The Morgan fingerprint density at radius 2 is 1.94 bits per heavy atom. The average molecular weight is 486 g/mol. The third-order valence-electron chi connectivity index (χ3n) is 8.16. The van der Waals surface area contributed by atoms with Crippen molar-refractivity contribution >= 4 is 23.3 Å². The van der Waals surface area contributed by atoms with Crippen molar-refractivity contribution in [3.63, 3.8) is 0 Å². The molecule has 2 atom stereocenters. The number of fused-ring (bicyclic) bond motifs is 3. The molecule has 34 heavy (non-hydrogen) atoms. The number of ether oxygens (including phenoxy) is 3. The van der Waals surface area contributed by atoms with Crippen molar-refractivity contribution in [3.8, 4) is 11.5 Å². The van der Waals surface area contributed by atoms with E-state index in [4.69, 9.17) is 25.8 Å². The van der Waals surface area contributed by atoms with Gasteiger partial charge in [0.1, 0.15) is 5.54 Å². The fourth-order valence-electron chi connectivity index (χ4n) is 6.38. The van der Waals surface area contributed by atoms with E-state index in [1.807, 2.05) is 24.3 Å². The summed E-state index contributed by atoms with van der Waals surface area (Å²) in [7, 11) is 1.45. The van der Waals surface area contributed by atoms with Crippen LogP contribution in [0.3, 0.4) is 0 Å². The maximum Gasteiger partial charge on any atom is 0.331 e. The van der Waals surface area contributed by atoms with Crippen molar-refractivity contribution in [2.45, 2.75) is 56.4 Å². The number of benzene rings is 2. The second-order valence-corrected chi connectivity index (χ2v) is 10.6. The number of aliphatic hydroxyl groups is 1. The van der Waals surface area contributed by atoms with E-state index in [1.165, 1.54) is 18.2 Å². The molecule has 2 aromatic rings. The number of hydrogen-bond acceptors (Lipinski definition) is 6. The van der Waals surface area contributed by atoms with Gasteiger partial charge >= 0.3 is 5.97 Å². The molecule has 1 aliphatic heterocycles. The molecule has 7 heteroatoms. The van der Waals surface area contributed by atoms with Crippen LogP contribution in [0.2, 0.25) is 5.02 Å². The second kappa shape index (κ2) is 8.97. The summed E-state index contributed by atoms with van der Waals surface area (Å²) in [4.78, 5) is 13.1. The zero-order chi connectivity index (χ0) is 23.9. The van der Waals surface area contributed by atoms with Crippen molar-refractivity contribution in [1.29, 1.82) is 0 Å². The van der Waals surface area contributed by atoms with Crippen molar-refractivity contribution in [3.05, 3.63) is 52.5 Å². The fourth-order valence-corrected chi connectivity index (χ4v) is 6.58. The molecule has 1 saturated carbocycles. The molecule has 1 spiro atoms. The monoisotopic (exact) mass is 485 g/mol. The summed E-state index contributed by atoms with van der Waals surface area (Å²) < 4.78 is 16.7. The van der Waals surface area contributed by atoms with Crippen LogP contribution >= 0.6 is 11.6 Å². The summed E-state index contributed by atoms with van der Waals surface area (Å²) in [5.41, 5.74) is 2.54. The molecular formula is C27H32ClNO5. The van der Waals surface area contributed by atoms with Gasteiger partial charge in [0, 0.05) is 17.3 Å². The van der Waals surface area contributed by atoms with Crippen molar-refractivity contribution < 1.29 is 24.1 Å². The van der Waals surface area contributed by atoms with Gasteiger partial charge < -0.3 is 24.6 Å². The summed E-state index contributed by atoms with van der Waals surface area (Å²) in [6, 6.07) is 11.8. The summed E-state index contributed by atoms with van der Waals surface area (Å²) >= 11 is 6.21. The van der Waals surface area contributed by atoms with Gasteiger partial charge in [-0.25, -0.2) is 4.79 Å². The van der Waals surface area contributed by atoms with Gasteiger partial charge in [-0.05, 0) is 97.2 Å². The van der Waals surface area contributed by atoms with Crippen LogP contribution in [0.4, 0.5) is 5.69 Å². The number of halogens is 1.